The molecule has 1 aromatic rings. The van der Waals surface area contributed by atoms with Crippen molar-refractivity contribution in [2.45, 2.75) is 6.92 Å². The molecule has 0 unspecified atom stereocenters. The zero-order valence-corrected chi connectivity index (χ0v) is 6.63. The van der Waals surface area contributed by atoms with Gasteiger partial charge in [0, 0.05) is 7.05 Å². The van der Waals surface area contributed by atoms with Gasteiger partial charge in [0.05, 0.1) is 6.54 Å². The molecule has 1 N–H and O–H groups in total. The molecule has 1 heterocycles. The monoisotopic (exact) mass is 150 g/mol. The molecule has 1 aromatic heterocycles. The summed E-state index contributed by atoms with van der Waals surface area (Å²) in [7, 11) is 1.86. The number of nitrogens with one attached hydrogen (secondary N) is 1. The smallest absolute Gasteiger partial charge is 0.221 e. The van der Waals surface area contributed by atoms with Crippen LogP contribution in [-0.4, -0.2) is 28.8 Å². The van der Waals surface area contributed by atoms with Crippen LogP contribution in [0.1, 0.15) is 5.82 Å². The second-order valence-electron chi connectivity index (χ2n) is 2.27. The molecule has 0 fully saturated rings. The van der Waals surface area contributed by atoms with Gasteiger partial charge in [0.15, 0.2) is 0 Å². The number of hydrogen-bond acceptors (Lipinski definition) is 3. The van der Waals surface area contributed by atoms with Crippen molar-refractivity contribution in [1.82, 2.24) is 15.2 Å². The molecule has 58 valence electrons. The second kappa shape index (κ2) is 3.06. The van der Waals surface area contributed by atoms with E-state index < -0.39 is 0 Å². The van der Waals surface area contributed by atoms with Crippen molar-refractivity contribution in [3.05, 3.63) is 5.82 Å². The predicted octanol–water partition coefficient (Wildman–Crippen LogP) is 0.183. The molecule has 1 rings (SSSR count). The normalized spacial score (nSPS) is 9.18. The quantitative estimate of drug-likeness (QED) is 0.612. The lowest BCUT2D eigenvalue weighted by Gasteiger charge is -2.09. The first kappa shape index (κ1) is 7.61. The SMILES string of the molecule is C#CCN(C)c1nc(C)n[nH]1. The molecule has 0 aliphatic rings. The molecule has 0 radical (unpaired) electrons. The average Bonchev–Trinajstić information content (AvgIpc) is 2.36. The van der Waals surface area contributed by atoms with E-state index in [1.165, 1.54) is 0 Å². The van der Waals surface area contributed by atoms with E-state index in [1.807, 2.05) is 18.9 Å². The molecule has 0 aliphatic heterocycles. The number of rotatable bonds is 2. The van der Waals surface area contributed by atoms with Crippen LogP contribution in [0.4, 0.5) is 5.95 Å². The summed E-state index contributed by atoms with van der Waals surface area (Å²) in [6.07, 6.45) is 5.12. The zero-order chi connectivity index (χ0) is 8.27. The Balaban J connectivity index is 2.70. The van der Waals surface area contributed by atoms with Crippen LogP contribution in [-0.2, 0) is 0 Å². The van der Waals surface area contributed by atoms with Crippen molar-refractivity contribution in [1.29, 1.82) is 0 Å². The summed E-state index contributed by atoms with van der Waals surface area (Å²) in [6, 6.07) is 0. The summed E-state index contributed by atoms with van der Waals surface area (Å²) < 4.78 is 0. The van der Waals surface area contributed by atoms with Crippen molar-refractivity contribution in [2.75, 3.05) is 18.5 Å². The van der Waals surface area contributed by atoms with Gasteiger partial charge in [0.2, 0.25) is 5.95 Å². The number of terminal acetylenes is 1. The molecule has 0 atom stereocenters. The first-order valence-corrected chi connectivity index (χ1v) is 3.27. The molecule has 0 saturated carbocycles. The van der Waals surface area contributed by atoms with Crippen LogP contribution in [0.5, 0.6) is 0 Å². The van der Waals surface area contributed by atoms with E-state index in [9.17, 15) is 0 Å². The van der Waals surface area contributed by atoms with Gasteiger partial charge in [-0.05, 0) is 6.92 Å². The molecule has 0 spiro atoms. The van der Waals surface area contributed by atoms with E-state index in [0.29, 0.717) is 12.5 Å². The van der Waals surface area contributed by atoms with E-state index in [4.69, 9.17) is 6.42 Å². The number of aromatic amines is 1. The highest BCUT2D eigenvalue weighted by atomic mass is 15.3. The fraction of sp³-hybridized carbons (Fsp3) is 0.429. The Bertz CT molecular complexity index is 270. The number of anilines is 1. The van der Waals surface area contributed by atoms with E-state index in [-0.39, 0.29) is 0 Å². The maximum absolute atomic E-state index is 5.12. The fourth-order valence-electron chi connectivity index (χ4n) is 0.717. The highest BCUT2D eigenvalue weighted by Crippen LogP contribution is 2.01. The highest BCUT2D eigenvalue weighted by molar-refractivity contribution is 5.28. The first-order valence-electron chi connectivity index (χ1n) is 3.27. The summed E-state index contributed by atoms with van der Waals surface area (Å²) in [6.45, 7) is 2.36. The molecule has 0 bridgehead atoms. The Hall–Kier alpha value is -1.50. The van der Waals surface area contributed by atoms with Gasteiger partial charge in [0.1, 0.15) is 5.82 Å². The maximum atomic E-state index is 5.12. The molecule has 4 heteroatoms. The third kappa shape index (κ3) is 1.71. The van der Waals surface area contributed by atoms with Crippen LogP contribution in [0, 0.1) is 19.3 Å². The molecule has 0 saturated heterocycles. The van der Waals surface area contributed by atoms with Gasteiger partial charge in [-0.25, -0.2) is 5.10 Å². The Labute approximate surface area is 65.6 Å². The molecule has 0 amide bonds. The number of H-pyrrole nitrogens is 1. The number of aryl methyl sites for hydroxylation is 1. The lowest BCUT2D eigenvalue weighted by Crippen LogP contribution is -2.18. The van der Waals surface area contributed by atoms with Gasteiger partial charge in [-0.15, -0.1) is 6.42 Å². The lowest BCUT2D eigenvalue weighted by atomic mass is 10.6. The fourth-order valence-corrected chi connectivity index (χ4v) is 0.717. The molecule has 11 heavy (non-hydrogen) atoms. The van der Waals surface area contributed by atoms with Gasteiger partial charge < -0.3 is 4.90 Å². The molecule has 0 aliphatic carbocycles. The second-order valence-corrected chi connectivity index (χ2v) is 2.27. The van der Waals surface area contributed by atoms with Crippen molar-refractivity contribution in [3.8, 4) is 12.3 Å². The number of aromatic nitrogens is 3. The summed E-state index contributed by atoms with van der Waals surface area (Å²) in [4.78, 5) is 5.91. The van der Waals surface area contributed by atoms with Crippen LogP contribution in [0.2, 0.25) is 0 Å². The molecule has 0 aromatic carbocycles. The largest absolute Gasteiger partial charge is 0.333 e. The Morgan fingerprint density at radius 3 is 2.91 bits per heavy atom. The Morgan fingerprint density at radius 2 is 2.45 bits per heavy atom. The minimum atomic E-state index is 0.536. The van der Waals surface area contributed by atoms with Crippen molar-refractivity contribution in [3.63, 3.8) is 0 Å². The predicted molar refractivity (Wildman–Crippen MR) is 43.2 cm³/mol. The van der Waals surface area contributed by atoms with Crippen molar-refractivity contribution < 1.29 is 0 Å². The van der Waals surface area contributed by atoms with Gasteiger partial charge in [0.25, 0.3) is 0 Å². The average molecular weight is 150 g/mol. The topological polar surface area (TPSA) is 44.8 Å². The van der Waals surface area contributed by atoms with Crippen LogP contribution in [0.15, 0.2) is 0 Å². The van der Waals surface area contributed by atoms with Gasteiger partial charge >= 0.3 is 0 Å². The molecule has 4 nitrogen and oxygen atoms in total. The Morgan fingerprint density at radius 1 is 1.73 bits per heavy atom. The van der Waals surface area contributed by atoms with Gasteiger partial charge in [-0.3, -0.25) is 0 Å². The summed E-state index contributed by atoms with van der Waals surface area (Å²) >= 11 is 0. The maximum Gasteiger partial charge on any atom is 0.221 e. The Kier molecular flexibility index (Phi) is 2.12. The van der Waals surface area contributed by atoms with Crippen LogP contribution >= 0.6 is 0 Å². The van der Waals surface area contributed by atoms with Crippen LogP contribution < -0.4 is 4.90 Å². The molecular weight excluding hydrogens is 140 g/mol. The third-order valence-corrected chi connectivity index (χ3v) is 1.28. The van der Waals surface area contributed by atoms with Gasteiger partial charge in [-0.2, -0.15) is 10.1 Å². The summed E-state index contributed by atoms with van der Waals surface area (Å²) in [5.74, 6) is 3.95. The molecular formula is C7H10N4. The van der Waals surface area contributed by atoms with E-state index >= 15 is 0 Å². The minimum Gasteiger partial charge on any atom is -0.333 e. The van der Waals surface area contributed by atoms with E-state index in [1.54, 1.807) is 0 Å². The minimum absolute atomic E-state index is 0.536. The number of hydrogen-bond donors (Lipinski definition) is 1. The number of nitrogens with zero attached hydrogens (tertiary/aromatic N) is 3. The van der Waals surface area contributed by atoms with Gasteiger partial charge in [-0.1, -0.05) is 5.92 Å². The van der Waals surface area contributed by atoms with Crippen molar-refractivity contribution in [2.24, 2.45) is 0 Å². The standard InChI is InChI=1S/C7H10N4/c1-4-5-11(3)7-8-6(2)9-10-7/h1H,5H2,2-3H3,(H,8,9,10). The van der Waals surface area contributed by atoms with Crippen LogP contribution in [0.3, 0.4) is 0 Å². The van der Waals surface area contributed by atoms with E-state index in [2.05, 4.69) is 21.1 Å². The van der Waals surface area contributed by atoms with Crippen molar-refractivity contribution >= 4 is 5.95 Å². The highest BCUT2D eigenvalue weighted by Gasteiger charge is 2.02. The third-order valence-electron chi connectivity index (χ3n) is 1.28. The van der Waals surface area contributed by atoms with Crippen LogP contribution in [0.25, 0.3) is 0 Å². The lowest BCUT2D eigenvalue weighted by molar-refractivity contribution is 0.956. The van der Waals surface area contributed by atoms with E-state index in [0.717, 1.165) is 5.82 Å². The summed E-state index contributed by atoms with van der Waals surface area (Å²) in [5.41, 5.74) is 0. The summed E-state index contributed by atoms with van der Waals surface area (Å²) in [5, 5.41) is 6.63. The first-order chi connectivity index (χ1) is 5.24. The zero-order valence-electron chi connectivity index (χ0n) is 6.63.